The zero-order valence-corrected chi connectivity index (χ0v) is 18.8. The van der Waals surface area contributed by atoms with Crippen molar-refractivity contribution in [3.8, 4) is 11.5 Å². The van der Waals surface area contributed by atoms with Crippen LogP contribution in [0.4, 0.5) is 11.4 Å². The number of carbonyl (C=O) groups excluding carboxylic acids is 2. The average Bonchev–Trinajstić information content (AvgIpc) is 2.88. The smallest absolute Gasteiger partial charge is 0.262 e. The van der Waals surface area contributed by atoms with E-state index in [9.17, 15) is 9.59 Å². The van der Waals surface area contributed by atoms with Crippen molar-refractivity contribution in [1.82, 2.24) is 0 Å². The Balaban J connectivity index is 1.40. The molecule has 1 saturated heterocycles. The van der Waals surface area contributed by atoms with Gasteiger partial charge in [-0.25, -0.2) is 0 Å². The molecule has 1 fully saturated rings. The van der Waals surface area contributed by atoms with Gasteiger partial charge in [0.1, 0.15) is 11.5 Å². The minimum Gasteiger partial charge on any atom is -0.497 e. The molecule has 0 unspecified atom stereocenters. The molecule has 0 atom stereocenters. The Kier molecular flexibility index (Phi) is 7.25. The van der Waals surface area contributed by atoms with Gasteiger partial charge < -0.3 is 19.7 Å². The van der Waals surface area contributed by atoms with E-state index in [2.05, 4.69) is 10.2 Å². The molecule has 1 heterocycles. The number of methoxy groups -OCH3 is 1. The molecule has 1 aliphatic heterocycles. The number of piperidine rings is 1. The van der Waals surface area contributed by atoms with Gasteiger partial charge in [0, 0.05) is 36.1 Å². The van der Waals surface area contributed by atoms with Crippen molar-refractivity contribution in [3.05, 3.63) is 83.9 Å². The van der Waals surface area contributed by atoms with Crippen LogP contribution in [-0.4, -0.2) is 38.5 Å². The summed E-state index contributed by atoms with van der Waals surface area (Å²) in [6.07, 6.45) is 3.72. The minimum atomic E-state index is -0.304. The number of nitrogens with one attached hydrogen (secondary N) is 1. The molecule has 1 N–H and O–H groups in total. The van der Waals surface area contributed by atoms with E-state index in [1.165, 1.54) is 32.1 Å². The Labute approximate surface area is 194 Å². The van der Waals surface area contributed by atoms with E-state index in [1.54, 1.807) is 42.5 Å². The van der Waals surface area contributed by atoms with Gasteiger partial charge in [0.05, 0.1) is 12.7 Å². The van der Waals surface area contributed by atoms with Crippen molar-refractivity contribution in [1.29, 1.82) is 0 Å². The van der Waals surface area contributed by atoms with Crippen molar-refractivity contribution >= 4 is 23.1 Å². The molecule has 4 rings (SSSR count). The second-order valence-electron chi connectivity index (χ2n) is 7.99. The molecule has 6 nitrogen and oxygen atoms in total. The number of carbonyl (C=O) groups is 2. The van der Waals surface area contributed by atoms with Gasteiger partial charge in [0.2, 0.25) is 0 Å². The predicted molar refractivity (Wildman–Crippen MR) is 129 cm³/mol. The van der Waals surface area contributed by atoms with Crippen molar-refractivity contribution in [3.63, 3.8) is 0 Å². The van der Waals surface area contributed by atoms with Crippen LogP contribution in [-0.2, 0) is 4.79 Å². The van der Waals surface area contributed by atoms with Crippen LogP contribution in [0.15, 0.2) is 72.8 Å². The highest BCUT2D eigenvalue weighted by atomic mass is 16.5. The summed E-state index contributed by atoms with van der Waals surface area (Å²) in [6.45, 7) is 1.92. The Morgan fingerprint density at radius 2 is 1.64 bits per heavy atom. The molecule has 0 aromatic heterocycles. The molecular weight excluding hydrogens is 416 g/mol. The van der Waals surface area contributed by atoms with E-state index in [-0.39, 0.29) is 18.3 Å². The lowest BCUT2D eigenvalue weighted by atomic mass is 10.0. The first-order valence-corrected chi connectivity index (χ1v) is 11.2. The third-order valence-corrected chi connectivity index (χ3v) is 5.70. The van der Waals surface area contributed by atoms with Crippen molar-refractivity contribution in [2.75, 3.05) is 37.0 Å². The monoisotopic (exact) mass is 444 g/mol. The largest absolute Gasteiger partial charge is 0.497 e. The maximum Gasteiger partial charge on any atom is 0.262 e. The summed E-state index contributed by atoms with van der Waals surface area (Å²) in [6, 6.07) is 21.8. The second-order valence-corrected chi connectivity index (χ2v) is 7.99. The van der Waals surface area contributed by atoms with Crippen LogP contribution in [0.25, 0.3) is 0 Å². The van der Waals surface area contributed by atoms with E-state index < -0.39 is 0 Å². The highest BCUT2D eigenvalue weighted by Crippen LogP contribution is 2.27. The van der Waals surface area contributed by atoms with Crippen LogP contribution >= 0.6 is 0 Å². The number of hydrogen-bond acceptors (Lipinski definition) is 5. The van der Waals surface area contributed by atoms with Crippen LogP contribution in [0.1, 0.15) is 35.2 Å². The molecule has 33 heavy (non-hydrogen) atoms. The highest BCUT2D eigenvalue weighted by Gasteiger charge is 2.17. The molecule has 1 amide bonds. The van der Waals surface area contributed by atoms with E-state index in [1.807, 2.05) is 30.3 Å². The average molecular weight is 445 g/mol. The Bertz CT molecular complexity index is 1090. The van der Waals surface area contributed by atoms with Crippen LogP contribution < -0.4 is 19.7 Å². The van der Waals surface area contributed by atoms with Gasteiger partial charge in [-0.15, -0.1) is 0 Å². The summed E-state index contributed by atoms with van der Waals surface area (Å²) < 4.78 is 11.0. The fourth-order valence-corrected chi connectivity index (χ4v) is 3.93. The van der Waals surface area contributed by atoms with Gasteiger partial charge in [-0.1, -0.05) is 30.3 Å². The highest BCUT2D eigenvalue weighted by molar-refractivity contribution is 6.10. The van der Waals surface area contributed by atoms with Crippen LogP contribution in [0.3, 0.4) is 0 Å². The molecular formula is C27H28N2O4. The summed E-state index contributed by atoms with van der Waals surface area (Å²) in [5.41, 5.74) is 2.80. The fourth-order valence-electron chi connectivity index (χ4n) is 3.93. The van der Waals surface area contributed by atoms with Crippen molar-refractivity contribution < 1.29 is 19.1 Å². The van der Waals surface area contributed by atoms with Crippen LogP contribution in [0.2, 0.25) is 0 Å². The van der Waals surface area contributed by atoms with E-state index >= 15 is 0 Å². The van der Waals surface area contributed by atoms with Gasteiger partial charge in [-0.05, 0) is 55.7 Å². The summed E-state index contributed by atoms with van der Waals surface area (Å²) in [4.78, 5) is 27.8. The van der Waals surface area contributed by atoms with Gasteiger partial charge in [-0.3, -0.25) is 9.59 Å². The quantitative estimate of drug-likeness (QED) is 0.499. The van der Waals surface area contributed by atoms with E-state index in [0.29, 0.717) is 28.3 Å². The molecule has 0 aliphatic carbocycles. The lowest BCUT2D eigenvalue weighted by molar-refractivity contribution is -0.118. The fraction of sp³-hybridized carbons (Fsp3) is 0.259. The maximum atomic E-state index is 12.9. The first-order valence-electron chi connectivity index (χ1n) is 11.2. The number of nitrogens with zero attached hydrogens (tertiary/aromatic N) is 1. The topological polar surface area (TPSA) is 67.9 Å². The number of ether oxygens (including phenoxy) is 2. The van der Waals surface area contributed by atoms with Crippen LogP contribution in [0, 0.1) is 0 Å². The molecule has 1 aliphatic rings. The normalized spacial score (nSPS) is 13.3. The van der Waals surface area contributed by atoms with E-state index in [0.717, 1.165) is 13.1 Å². The first kappa shape index (κ1) is 22.4. The Morgan fingerprint density at radius 3 is 2.33 bits per heavy atom. The standard InChI is InChI=1S/C27H28N2O4/c1-32-23-14-15-24(27(31)20-8-4-2-5-9-20)25(18-23)33-19-26(30)28-21-10-12-22(13-11-21)29-16-6-3-7-17-29/h2,4-5,8-15,18H,3,6-7,16-17,19H2,1H3,(H,28,30). The molecule has 0 bridgehead atoms. The second kappa shape index (κ2) is 10.7. The zero-order chi connectivity index (χ0) is 23.0. The maximum absolute atomic E-state index is 12.9. The number of hydrogen-bond donors (Lipinski definition) is 1. The predicted octanol–water partition coefficient (Wildman–Crippen LogP) is 4.93. The Hall–Kier alpha value is -3.80. The lowest BCUT2D eigenvalue weighted by Crippen LogP contribution is -2.29. The number of amides is 1. The Morgan fingerprint density at radius 1 is 0.909 bits per heavy atom. The molecule has 0 radical (unpaired) electrons. The van der Waals surface area contributed by atoms with Crippen molar-refractivity contribution in [2.45, 2.75) is 19.3 Å². The summed E-state index contributed by atoms with van der Waals surface area (Å²) in [5, 5.41) is 2.85. The molecule has 3 aromatic carbocycles. The SMILES string of the molecule is COc1ccc(C(=O)c2ccccc2)c(OCC(=O)Nc2ccc(N3CCCCC3)cc2)c1. The molecule has 0 spiro atoms. The summed E-state index contributed by atoms with van der Waals surface area (Å²) >= 11 is 0. The summed E-state index contributed by atoms with van der Waals surface area (Å²) in [5.74, 6) is 0.366. The van der Waals surface area contributed by atoms with E-state index in [4.69, 9.17) is 9.47 Å². The first-order chi connectivity index (χ1) is 16.1. The number of anilines is 2. The zero-order valence-electron chi connectivity index (χ0n) is 18.8. The minimum absolute atomic E-state index is 0.179. The molecule has 3 aromatic rings. The summed E-state index contributed by atoms with van der Waals surface area (Å²) in [7, 11) is 1.54. The van der Waals surface area contributed by atoms with Crippen molar-refractivity contribution in [2.24, 2.45) is 0 Å². The lowest BCUT2D eigenvalue weighted by Gasteiger charge is -2.28. The molecule has 170 valence electrons. The molecule has 6 heteroatoms. The van der Waals surface area contributed by atoms with Gasteiger partial charge in [0.15, 0.2) is 12.4 Å². The van der Waals surface area contributed by atoms with Gasteiger partial charge in [0.25, 0.3) is 5.91 Å². The third-order valence-electron chi connectivity index (χ3n) is 5.70. The number of ketones is 1. The number of rotatable bonds is 8. The third kappa shape index (κ3) is 5.71. The van der Waals surface area contributed by atoms with Gasteiger partial charge in [-0.2, -0.15) is 0 Å². The van der Waals surface area contributed by atoms with Gasteiger partial charge >= 0.3 is 0 Å². The molecule has 0 saturated carbocycles. The number of benzene rings is 3. The van der Waals surface area contributed by atoms with Crippen LogP contribution in [0.5, 0.6) is 11.5 Å².